The summed E-state index contributed by atoms with van der Waals surface area (Å²) in [6, 6.07) is 5.84. The molecule has 3 N–H and O–H groups in total. The summed E-state index contributed by atoms with van der Waals surface area (Å²) in [6.07, 6.45) is 8.31. The van der Waals surface area contributed by atoms with Crippen LogP contribution in [-0.4, -0.2) is 39.8 Å². The van der Waals surface area contributed by atoms with E-state index in [2.05, 4.69) is 15.3 Å². The normalized spacial score (nSPS) is 16.5. The van der Waals surface area contributed by atoms with Crippen LogP contribution in [-0.2, 0) is 0 Å². The summed E-state index contributed by atoms with van der Waals surface area (Å²) in [5.74, 6) is 1.83. The average Bonchev–Trinajstić information content (AvgIpc) is 3.50. The van der Waals surface area contributed by atoms with Gasteiger partial charge >= 0.3 is 0 Å². The van der Waals surface area contributed by atoms with Crippen molar-refractivity contribution in [1.29, 1.82) is 0 Å². The van der Waals surface area contributed by atoms with E-state index in [1.807, 2.05) is 29.6 Å². The largest absolute Gasteiger partial charge is 0.495 e. The standard InChI is InChI=1S/C16H17N5O.C5H11N/c1-9-3-6-11(19-16(9)17)12-8-18-14-7-13(22-2)15(10-4-5-10)20-21(12)14;1-2-4-6-5-3-1/h3,6-8,10H,4-5H2,1-2H3,(H2,17,19);6H,1-5H2. The number of nitrogens with two attached hydrogens (primary N) is 1. The highest BCUT2D eigenvalue weighted by molar-refractivity contribution is 5.63. The van der Waals surface area contributed by atoms with E-state index < -0.39 is 0 Å². The highest BCUT2D eigenvalue weighted by Crippen LogP contribution is 2.43. The number of rotatable bonds is 3. The molecule has 4 heterocycles. The number of nitrogen functional groups attached to an aromatic ring is 1. The van der Waals surface area contributed by atoms with Crippen molar-refractivity contribution < 1.29 is 4.74 Å². The summed E-state index contributed by atoms with van der Waals surface area (Å²) in [4.78, 5) is 8.86. The molecule has 0 aromatic carbocycles. The highest BCUT2D eigenvalue weighted by atomic mass is 16.5. The van der Waals surface area contributed by atoms with Gasteiger partial charge in [0.05, 0.1) is 19.0 Å². The molecule has 3 aromatic heterocycles. The third kappa shape index (κ3) is 3.94. The Kier molecular flexibility index (Phi) is 5.43. The Hall–Kier alpha value is -2.67. The molecule has 5 rings (SSSR count). The monoisotopic (exact) mass is 380 g/mol. The van der Waals surface area contributed by atoms with Crippen LogP contribution < -0.4 is 15.8 Å². The second-order valence-electron chi connectivity index (χ2n) is 7.49. The van der Waals surface area contributed by atoms with E-state index in [0.717, 1.165) is 46.9 Å². The lowest BCUT2D eigenvalue weighted by Gasteiger charge is -2.09. The van der Waals surface area contributed by atoms with Crippen molar-refractivity contribution in [3.63, 3.8) is 0 Å². The summed E-state index contributed by atoms with van der Waals surface area (Å²) < 4.78 is 7.28. The van der Waals surface area contributed by atoms with Gasteiger partial charge in [0, 0.05) is 12.0 Å². The lowest BCUT2D eigenvalue weighted by atomic mass is 10.2. The fraction of sp³-hybridized carbons (Fsp3) is 0.476. The van der Waals surface area contributed by atoms with Crippen molar-refractivity contribution in [2.45, 2.75) is 44.9 Å². The first-order valence-electron chi connectivity index (χ1n) is 10.0. The van der Waals surface area contributed by atoms with Gasteiger partial charge in [0.25, 0.3) is 0 Å². The average molecular weight is 380 g/mol. The van der Waals surface area contributed by atoms with Crippen molar-refractivity contribution >= 4 is 11.5 Å². The van der Waals surface area contributed by atoms with Gasteiger partial charge in [0.2, 0.25) is 0 Å². The molecular weight excluding hydrogens is 352 g/mol. The maximum absolute atomic E-state index is 5.92. The number of aromatic nitrogens is 4. The molecule has 1 saturated heterocycles. The van der Waals surface area contributed by atoms with Gasteiger partial charge in [-0.25, -0.2) is 14.5 Å². The fourth-order valence-electron chi connectivity index (χ4n) is 3.38. The van der Waals surface area contributed by atoms with Crippen LogP contribution in [0.5, 0.6) is 5.75 Å². The maximum Gasteiger partial charge on any atom is 0.157 e. The molecule has 2 aliphatic rings. The molecule has 1 aliphatic carbocycles. The zero-order chi connectivity index (χ0) is 19.5. The first kappa shape index (κ1) is 18.7. The van der Waals surface area contributed by atoms with Crippen LogP contribution in [0.4, 0.5) is 5.82 Å². The van der Waals surface area contributed by atoms with E-state index in [4.69, 9.17) is 15.6 Å². The zero-order valence-corrected chi connectivity index (χ0v) is 16.6. The minimum atomic E-state index is 0.491. The van der Waals surface area contributed by atoms with Crippen LogP contribution >= 0.6 is 0 Å². The smallest absolute Gasteiger partial charge is 0.157 e. The molecule has 7 nitrogen and oxygen atoms in total. The Labute approximate surface area is 165 Å². The van der Waals surface area contributed by atoms with Gasteiger partial charge in [-0.15, -0.1) is 0 Å². The predicted molar refractivity (Wildman–Crippen MR) is 111 cm³/mol. The van der Waals surface area contributed by atoms with Gasteiger partial charge in [-0.3, -0.25) is 0 Å². The van der Waals surface area contributed by atoms with Crippen molar-refractivity contribution in [2.24, 2.45) is 0 Å². The Morgan fingerprint density at radius 2 is 1.96 bits per heavy atom. The molecule has 2 fully saturated rings. The van der Waals surface area contributed by atoms with Gasteiger partial charge in [0.15, 0.2) is 5.65 Å². The number of nitrogens with zero attached hydrogens (tertiary/aromatic N) is 4. The minimum absolute atomic E-state index is 0.491. The van der Waals surface area contributed by atoms with E-state index in [1.165, 1.54) is 32.4 Å². The summed E-state index contributed by atoms with van der Waals surface area (Å²) >= 11 is 0. The molecule has 0 unspecified atom stereocenters. The Bertz CT molecular complexity index is 947. The number of imidazole rings is 1. The summed E-state index contributed by atoms with van der Waals surface area (Å²) in [5.41, 5.74) is 10.2. The molecule has 0 spiro atoms. The molecule has 148 valence electrons. The second-order valence-corrected chi connectivity index (χ2v) is 7.49. The minimum Gasteiger partial charge on any atom is -0.495 e. The molecular formula is C21H28N6O. The predicted octanol–water partition coefficient (Wildman–Crippen LogP) is 3.33. The Balaban J connectivity index is 0.000000275. The molecule has 7 heteroatoms. The van der Waals surface area contributed by atoms with Crippen LogP contribution in [0, 0.1) is 6.92 Å². The molecule has 0 radical (unpaired) electrons. The Morgan fingerprint density at radius 1 is 1.18 bits per heavy atom. The summed E-state index contributed by atoms with van der Waals surface area (Å²) in [6.45, 7) is 4.44. The molecule has 1 aliphatic heterocycles. The number of nitrogens with one attached hydrogen (secondary N) is 1. The van der Waals surface area contributed by atoms with Crippen LogP contribution in [0.25, 0.3) is 17.0 Å². The number of anilines is 1. The van der Waals surface area contributed by atoms with Crippen molar-refractivity contribution in [2.75, 3.05) is 25.9 Å². The van der Waals surface area contributed by atoms with Crippen LogP contribution in [0.15, 0.2) is 24.4 Å². The molecule has 0 atom stereocenters. The number of hydrogen-bond acceptors (Lipinski definition) is 6. The van der Waals surface area contributed by atoms with Gasteiger partial charge < -0.3 is 15.8 Å². The van der Waals surface area contributed by atoms with Gasteiger partial charge in [-0.1, -0.05) is 12.5 Å². The molecule has 3 aromatic rings. The summed E-state index contributed by atoms with van der Waals surface area (Å²) in [5, 5.41) is 8.03. The number of pyridine rings is 1. The number of piperidine rings is 1. The topological polar surface area (TPSA) is 90.4 Å². The van der Waals surface area contributed by atoms with Crippen LogP contribution in [0.3, 0.4) is 0 Å². The van der Waals surface area contributed by atoms with E-state index in [0.29, 0.717) is 11.7 Å². The first-order valence-corrected chi connectivity index (χ1v) is 10.0. The Morgan fingerprint density at radius 3 is 2.54 bits per heavy atom. The van der Waals surface area contributed by atoms with Crippen molar-refractivity contribution in [1.82, 2.24) is 24.9 Å². The number of aryl methyl sites for hydroxylation is 1. The molecule has 0 bridgehead atoms. The quantitative estimate of drug-likeness (QED) is 0.724. The van der Waals surface area contributed by atoms with Crippen molar-refractivity contribution in [3.8, 4) is 17.1 Å². The zero-order valence-electron chi connectivity index (χ0n) is 16.6. The van der Waals surface area contributed by atoms with Crippen molar-refractivity contribution in [3.05, 3.63) is 35.7 Å². The van der Waals surface area contributed by atoms with Gasteiger partial charge in [0.1, 0.15) is 23.0 Å². The third-order valence-corrected chi connectivity index (χ3v) is 5.27. The van der Waals surface area contributed by atoms with Crippen LogP contribution in [0.2, 0.25) is 0 Å². The number of fused-ring (bicyclic) bond motifs is 1. The van der Waals surface area contributed by atoms with Gasteiger partial charge in [-0.2, -0.15) is 5.10 Å². The van der Waals surface area contributed by atoms with Gasteiger partial charge in [-0.05, 0) is 57.3 Å². The maximum atomic E-state index is 5.92. The highest BCUT2D eigenvalue weighted by Gasteiger charge is 2.29. The summed E-state index contributed by atoms with van der Waals surface area (Å²) in [7, 11) is 1.67. The molecule has 0 amide bonds. The lowest BCUT2D eigenvalue weighted by molar-refractivity contribution is 0.405. The molecule has 28 heavy (non-hydrogen) atoms. The molecule has 1 saturated carbocycles. The van der Waals surface area contributed by atoms with E-state index in [1.54, 1.807) is 13.3 Å². The number of ether oxygens (including phenoxy) is 1. The van der Waals surface area contributed by atoms with E-state index in [-0.39, 0.29) is 0 Å². The SMILES string of the molecule is C1CCNCC1.COc1cc2ncc(-c3ccc(C)c(N)n3)n2nc1C1CC1. The second kappa shape index (κ2) is 8.14. The van der Waals surface area contributed by atoms with E-state index >= 15 is 0 Å². The number of methoxy groups -OCH3 is 1. The number of hydrogen-bond donors (Lipinski definition) is 2. The lowest BCUT2D eigenvalue weighted by Crippen LogP contribution is -2.21. The first-order chi connectivity index (χ1) is 13.7. The van der Waals surface area contributed by atoms with E-state index in [9.17, 15) is 0 Å². The third-order valence-electron chi connectivity index (χ3n) is 5.27. The van der Waals surface area contributed by atoms with Crippen LogP contribution in [0.1, 0.15) is 49.3 Å². The fourth-order valence-corrected chi connectivity index (χ4v) is 3.38.